The molecular weight excluding hydrogens is 447 g/mol. The fourth-order valence-corrected chi connectivity index (χ4v) is 2.97. The number of aliphatic imine (C=N–C) groups is 1. The van der Waals surface area contributed by atoms with Crippen molar-refractivity contribution in [3.8, 4) is 0 Å². The van der Waals surface area contributed by atoms with Crippen molar-refractivity contribution in [1.29, 1.82) is 0 Å². The van der Waals surface area contributed by atoms with Crippen LogP contribution in [0.15, 0.2) is 17.6 Å². The third-order valence-electron chi connectivity index (χ3n) is 4.55. The number of nitrogens with zero attached hydrogens (tertiary/aromatic N) is 3. The van der Waals surface area contributed by atoms with Crippen molar-refractivity contribution >= 4 is 35.8 Å². The zero-order valence-corrected chi connectivity index (χ0v) is 18.3. The normalized spacial score (nSPS) is 21.2. The van der Waals surface area contributed by atoms with Crippen LogP contribution in [0.25, 0.3) is 0 Å². The van der Waals surface area contributed by atoms with Gasteiger partial charge in [0.15, 0.2) is 5.96 Å². The van der Waals surface area contributed by atoms with Crippen LogP contribution >= 0.6 is 24.0 Å². The van der Waals surface area contributed by atoms with Gasteiger partial charge in [-0.1, -0.05) is 6.08 Å². The molecule has 0 aromatic rings. The molecule has 0 saturated carbocycles. The maximum atomic E-state index is 11.8. The van der Waals surface area contributed by atoms with E-state index in [1.807, 2.05) is 0 Å². The van der Waals surface area contributed by atoms with Crippen molar-refractivity contribution in [2.24, 2.45) is 4.99 Å². The maximum absolute atomic E-state index is 11.8. The lowest BCUT2D eigenvalue weighted by molar-refractivity contribution is -0.127. The number of hydrogen-bond donors (Lipinski definition) is 1. The molecule has 2 heterocycles. The number of ether oxygens (including phenoxy) is 2. The zero-order valence-electron chi connectivity index (χ0n) is 16.0. The van der Waals surface area contributed by atoms with E-state index in [2.05, 4.69) is 21.8 Å². The quantitative estimate of drug-likeness (QED) is 0.259. The number of rotatable bonds is 7. The van der Waals surface area contributed by atoms with Crippen LogP contribution in [0, 0.1) is 0 Å². The predicted molar refractivity (Wildman–Crippen MR) is 114 cm³/mol. The average Bonchev–Trinajstić information content (AvgIpc) is 3.14. The molecule has 1 N–H and O–H groups in total. The van der Waals surface area contributed by atoms with Gasteiger partial charge in [0, 0.05) is 40.3 Å². The molecule has 2 aliphatic heterocycles. The number of amides is 1. The summed E-state index contributed by atoms with van der Waals surface area (Å²) < 4.78 is 11.6. The van der Waals surface area contributed by atoms with Crippen molar-refractivity contribution in [1.82, 2.24) is 15.1 Å². The second-order valence-corrected chi connectivity index (χ2v) is 6.75. The van der Waals surface area contributed by atoms with Crippen LogP contribution in [0.1, 0.15) is 25.7 Å². The van der Waals surface area contributed by atoms with Crippen LogP contribution in [-0.4, -0.2) is 87.4 Å². The van der Waals surface area contributed by atoms with Gasteiger partial charge in [0.25, 0.3) is 0 Å². The second-order valence-electron chi connectivity index (χ2n) is 6.75. The summed E-state index contributed by atoms with van der Waals surface area (Å²) >= 11 is 0. The van der Waals surface area contributed by atoms with E-state index in [4.69, 9.17) is 9.47 Å². The molecule has 0 aliphatic carbocycles. The Labute approximate surface area is 174 Å². The summed E-state index contributed by atoms with van der Waals surface area (Å²) in [5.41, 5.74) is 0. The molecule has 2 saturated heterocycles. The highest BCUT2D eigenvalue weighted by molar-refractivity contribution is 14.0. The number of likely N-dealkylation sites (N-methyl/N-ethyl adjacent to an activating group) is 1. The number of hydrogen-bond acceptors (Lipinski definition) is 4. The Kier molecular flexibility index (Phi) is 11.1. The molecule has 2 rings (SSSR count). The second kappa shape index (κ2) is 12.5. The minimum Gasteiger partial charge on any atom is -0.376 e. The summed E-state index contributed by atoms with van der Waals surface area (Å²) in [6.07, 6.45) is 6.53. The van der Waals surface area contributed by atoms with Crippen molar-refractivity contribution in [3.05, 3.63) is 12.7 Å². The third-order valence-corrected chi connectivity index (χ3v) is 4.55. The lowest BCUT2D eigenvalue weighted by Crippen LogP contribution is -2.47. The number of halogens is 1. The number of nitrogens with one attached hydrogen (secondary N) is 1. The summed E-state index contributed by atoms with van der Waals surface area (Å²) in [5, 5.41) is 3.25. The molecule has 0 bridgehead atoms. The van der Waals surface area contributed by atoms with Gasteiger partial charge in [-0.3, -0.25) is 4.79 Å². The average molecular weight is 480 g/mol. The molecule has 26 heavy (non-hydrogen) atoms. The largest absolute Gasteiger partial charge is 0.376 e. The van der Waals surface area contributed by atoms with Crippen LogP contribution < -0.4 is 5.32 Å². The van der Waals surface area contributed by atoms with Gasteiger partial charge in [0.1, 0.15) is 6.54 Å². The van der Waals surface area contributed by atoms with Gasteiger partial charge in [-0.15, -0.1) is 30.6 Å². The lowest BCUT2D eigenvalue weighted by atomic mass is 10.1. The molecule has 0 aromatic carbocycles. The third kappa shape index (κ3) is 7.79. The SMILES string of the molecule is C=CCNC(=NCC(=O)N(C)C)N1CCC(OCC2CCCO2)CC1.I. The van der Waals surface area contributed by atoms with Gasteiger partial charge >= 0.3 is 0 Å². The van der Waals surface area contributed by atoms with Gasteiger partial charge in [-0.2, -0.15) is 0 Å². The molecule has 1 amide bonds. The van der Waals surface area contributed by atoms with E-state index < -0.39 is 0 Å². The van der Waals surface area contributed by atoms with Crippen molar-refractivity contribution in [2.45, 2.75) is 37.9 Å². The minimum atomic E-state index is -0.00677. The van der Waals surface area contributed by atoms with E-state index in [0.29, 0.717) is 13.2 Å². The summed E-state index contributed by atoms with van der Waals surface area (Å²) in [5.74, 6) is 0.764. The fraction of sp³-hybridized carbons (Fsp3) is 0.778. The molecule has 150 valence electrons. The summed E-state index contributed by atoms with van der Waals surface area (Å²) in [7, 11) is 3.48. The van der Waals surface area contributed by atoms with Crippen LogP contribution in [0.2, 0.25) is 0 Å². The predicted octanol–water partition coefficient (Wildman–Crippen LogP) is 1.48. The first-order valence-corrected chi connectivity index (χ1v) is 9.17. The Morgan fingerprint density at radius 3 is 2.69 bits per heavy atom. The highest BCUT2D eigenvalue weighted by atomic mass is 127. The number of carbonyl (C=O) groups excluding carboxylic acids is 1. The number of guanidine groups is 1. The van der Waals surface area contributed by atoms with Crippen LogP contribution in [0.4, 0.5) is 0 Å². The molecule has 2 fully saturated rings. The van der Waals surface area contributed by atoms with Crippen LogP contribution in [-0.2, 0) is 14.3 Å². The zero-order chi connectivity index (χ0) is 18.1. The summed E-state index contributed by atoms with van der Waals surface area (Å²) in [4.78, 5) is 20.0. The molecular formula is C18H33IN4O3. The smallest absolute Gasteiger partial charge is 0.243 e. The Morgan fingerprint density at radius 1 is 1.38 bits per heavy atom. The summed E-state index contributed by atoms with van der Waals surface area (Å²) in [6, 6.07) is 0. The van der Waals surface area contributed by atoms with Crippen LogP contribution in [0.3, 0.4) is 0 Å². The van der Waals surface area contributed by atoms with E-state index in [1.54, 1.807) is 25.1 Å². The Hall–Kier alpha value is -0.870. The Bertz CT molecular complexity index is 459. The monoisotopic (exact) mass is 480 g/mol. The molecule has 1 atom stereocenters. The van der Waals surface area contributed by atoms with Crippen LogP contribution in [0.5, 0.6) is 0 Å². The van der Waals surface area contributed by atoms with Crippen molar-refractivity contribution in [3.63, 3.8) is 0 Å². The molecule has 8 heteroatoms. The van der Waals surface area contributed by atoms with E-state index in [0.717, 1.165) is 51.3 Å². The Morgan fingerprint density at radius 2 is 2.12 bits per heavy atom. The molecule has 0 radical (unpaired) electrons. The fourth-order valence-electron chi connectivity index (χ4n) is 2.97. The molecule has 0 aromatic heterocycles. The number of carbonyl (C=O) groups is 1. The first-order chi connectivity index (χ1) is 12.1. The van der Waals surface area contributed by atoms with E-state index in [9.17, 15) is 4.79 Å². The lowest BCUT2D eigenvalue weighted by Gasteiger charge is -2.34. The van der Waals surface area contributed by atoms with Crippen molar-refractivity contribution in [2.75, 3.05) is 53.5 Å². The molecule has 2 aliphatic rings. The Balaban J connectivity index is 0.00000338. The van der Waals surface area contributed by atoms with E-state index in [1.165, 1.54) is 0 Å². The molecule has 1 unspecified atom stereocenters. The van der Waals surface area contributed by atoms with Gasteiger partial charge in [-0.25, -0.2) is 4.99 Å². The summed E-state index contributed by atoms with van der Waals surface area (Å²) in [6.45, 7) is 7.83. The minimum absolute atomic E-state index is 0. The highest BCUT2D eigenvalue weighted by Gasteiger charge is 2.24. The van der Waals surface area contributed by atoms with Gasteiger partial charge in [0.05, 0.1) is 18.8 Å². The first-order valence-electron chi connectivity index (χ1n) is 9.17. The van der Waals surface area contributed by atoms with Gasteiger partial charge in [0.2, 0.25) is 5.91 Å². The first kappa shape index (κ1) is 23.2. The van der Waals surface area contributed by atoms with E-state index >= 15 is 0 Å². The topological polar surface area (TPSA) is 66.4 Å². The van der Waals surface area contributed by atoms with Gasteiger partial charge in [-0.05, 0) is 25.7 Å². The highest BCUT2D eigenvalue weighted by Crippen LogP contribution is 2.17. The van der Waals surface area contributed by atoms with Crippen molar-refractivity contribution < 1.29 is 14.3 Å². The molecule has 7 nitrogen and oxygen atoms in total. The number of likely N-dealkylation sites (tertiary alicyclic amines) is 1. The van der Waals surface area contributed by atoms with E-state index in [-0.39, 0.29) is 48.6 Å². The standard InChI is InChI=1S/C18H32N4O3.HI/c1-4-9-19-18(20-13-17(23)21(2)3)22-10-7-15(8-11-22)25-14-16-6-5-12-24-16;/h4,15-16H,1,5-14H2,2-3H3,(H,19,20);1H. The maximum Gasteiger partial charge on any atom is 0.243 e. The molecule has 0 spiro atoms. The number of piperidine rings is 1. The van der Waals surface area contributed by atoms with Gasteiger partial charge < -0.3 is 24.6 Å².